The first-order chi connectivity index (χ1) is 22.9. The zero-order valence-corrected chi connectivity index (χ0v) is 26.0. The van der Waals surface area contributed by atoms with Crippen molar-refractivity contribution in [3.05, 3.63) is 82.2 Å². The number of nitrogens with zero attached hydrogens (tertiary/aromatic N) is 4. The minimum absolute atomic E-state index is 0.0150. The van der Waals surface area contributed by atoms with Crippen molar-refractivity contribution in [3.63, 3.8) is 0 Å². The Morgan fingerprint density at radius 1 is 1.17 bits per heavy atom. The van der Waals surface area contributed by atoms with Crippen LogP contribution in [0.15, 0.2) is 62.4 Å². The van der Waals surface area contributed by atoms with Gasteiger partial charge in [0, 0.05) is 0 Å². The summed E-state index contributed by atoms with van der Waals surface area (Å²) in [6.45, 7) is 3.99. The van der Waals surface area contributed by atoms with Crippen molar-refractivity contribution in [3.8, 4) is 6.07 Å². The van der Waals surface area contributed by atoms with Gasteiger partial charge in [-0.3, -0.25) is 14.9 Å². The molecule has 1 fully saturated rings. The molecule has 4 aromatic rings. The second kappa shape index (κ2) is 14.0. The summed E-state index contributed by atoms with van der Waals surface area (Å²) in [5, 5.41) is 28.7. The third kappa shape index (κ3) is 6.90. The van der Waals surface area contributed by atoms with Crippen molar-refractivity contribution in [2.45, 2.75) is 63.8 Å². The zero-order chi connectivity index (χ0) is 34.6. The number of hydrogen-bond acceptors (Lipinski definition) is 15. The zero-order valence-electron chi connectivity index (χ0n) is 26.0. The average Bonchev–Trinajstić information content (AvgIpc) is 3.72. The van der Waals surface area contributed by atoms with E-state index in [1.165, 1.54) is 23.6 Å². The van der Waals surface area contributed by atoms with Crippen LogP contribution in [0.4, 0.5) is 10.6 Å². The third-order valence-electron chi connectivity index (χ3n) is 7.66. The number of carbonyl (C=O) groups is 3. The van der Waals surface area contributed by atoms with Crippen LogP contribution < -0.4 is 16.9 Å². The molecule has 1 aromatic carbocycles. The van der Waals surface area contributed by atoms with Crippen LogP contribution in [0.25, 0.3) is 5.52 Å². The summed E-state index contributed by atoms with van der Waals surface area (Å²) in [6, 6.07) is 12.6. The summed E-state index contributed by atoms with van der Waals surface area (Å²) in [7, 11) is 0. The van der Waals surface area contributed by atoms with Crippen molar-refractivity contribution in [1.82, 2.24) is 14.6 Å². The van der Waals surface area contributed by atoms with Gasteiger partial charge in [0.05, 0.1) is 12.1 Å². The van der Waals surface area contributed by atoms with Gasteiger partial charge in [-0.2, -0.15) is 10.4 Å². The van der Waals surface area contributed by atoms with Gasteiger partial charge in [0.15, 0.2) is 30.0 Å². The smallest absolute Gasteiger partial charge is 0.463 e. The first-order valence-corrected chi connectivity index (χ1v) is 14.7. The van der Waals surface area contributed by atoms with Crippen molar-refractivity contribution < 1.29 is 47.3 Å². The number of esters is 2. The molecule has 5 atom stereocenters. The van der Waals surface area contributed by atoms with Crippen LogP contribution >= 0.6 is 0 Å². The van der Waals surface area contributed by atoms with Crippen LogP contribution in [0.3, 0.4) is 0 Å². The maximum absolute atomic E-state index is 12.9. The number of ether oxygens (including phenoxy) is 4. The van der Waals surface area contributed by atoms with E-state index in [-0.39, 0.29) is 40.9 Å². The molecule has 1 amide bonds. The van der Waals surface area contributed by atoms with Crippen LogP contribution in [0.5, 0.6) is 0 Å². The number of aryl methyl sites for hydroxylation is 1. The van der Waals surface area contributed by atoms with Gasteiger partial charge in [0.1, 0.15) is 42.8 Å². The van der Waals surface area contributed by atoms with E-state index in [9.17, 15) is 29.5 Å². The van der Waals surface area contributed by atoms with Gasteiger partial charge in [-0.05, 0) is 30.5 Å². The topological polar surface area (TPSA) is 244 Å². The molecule has 1 aliphatic rings. The molecule has 252 valence electrons. The maximum Gasteiger partial charge on any atom is 0.519 e. The van der Waals surface area contributed by atoms with Gasteiger partial charge in [-0.15, -0.1) is 0 Å². The molecule has 0 radical (unpaired) electrons. The molecule has 0 aliphatic carbocycles. The fourth-order valence-corrected chi connectivity index (χ4v) is 5.00. The van der Waals surface area contributed by atoms with Gasteiger partial charge in [0.2, 0.25) is 5.60 Å². The number of fused-ring (bicyclic) bond motifs is 1. The number of carbonyl (C=O) groups excluding carboxylic acids is 3. The Balaban J connectivity index is 1.39. The molecule has 4 N–H and O–H groups in total. The molecule has 17 heteroatoms. The number of aliphatic hydroxyl groups is 1. The van der Waals surface area contributed by atoms with E-state index in [1.807, 2.05) is 6.07 Å². The second-order valence-corrected chi connectivity index (χ2v) is 11.2. The Morgan fingerprint density at radius 3 is 2.58 bits per heavy atom. The Bertz CT molecular complexity index is 1900. The summed E-state index contributed by atoms with van der Waals surface area (Å²) < 4.78 is 33.0. The Labute approximate surface area is 272 Å². The number of nitrogens with two attached hydrogens (primary N) is 1. The van der Waals surface area contributed by atoms with E-state index < -0.39 is 67.0 Å². The highest BCUT2D eigenvalue weighted by Crippen LogP contribution is 2.42. The monoisotopic (exact) mass is 664 g/mol. The normalized spacial score (nSPS) is 21.1. The van der Waals surface area contributed by atoms with Crippen LogP contribution in [-0.4, -0.2) is 68.7 Å². The number of rotatable bonds is 11. The van der Waals surface area contributed by atoms with Gasteiger partial charge in [0.25, 0.3) is 0 Å². The van der Waals surface area contributed by atoms with E-state index in [0.29, 0.717) is 5.56 Å². The first kappa shape index (κ1) is 33.8. The Morgan fingerprint density at radius 2 is 1.92 bits per heavy atom. The van der Waals surface area contributed by atoms with Crippen LogP contribution in [-0.2, 0) is 47.2 Å². The number of nitriles is 1. The molecule has 0 bridgehead atoms. The lowest BCUT2D eigenvalue weighted by Gasteiger charge is -2.25. The van der Waals surface area contributed by atoms with Crippen LogP contribution in [0.2, 0.25) is 0 Å². The predicted octanol–water partition coefficient (Wildman–Crippen LogP) is 1.49. The van der Waals surface area contributed by atoms with E-state index in [2.05, 4.69) is 15.4 Å². The van der Waals surface area contributed by atoms with Gasteiger partial charge in [-0.25, -0.2) is 19.1 Å². The van der Waals surface area contributed by atoms with Crippen LogP contribution in [0, 0.1) is 24.2 Å². The Hall–Kier alpha value is -5.57. The van der Waals surface area contributed by atoms with Crippen molar-refractivity contribution in [2.24, 2.45) is 11.7 Å². The summed E-state index contributed by atoms with van der Waals surface area (Å²) in [5.41, 5.74) is 4.62. The SMILES string of the molecule is Cc1oc(=O)oc1COC(=O)Nc1ncnn2c([C@]3(C#N)O[C@H](COC(=O)Cc4ccccc4)[C@@H](OC(=O)[C@@H](N)C(C)C)[C@H]3O)ccc12. The molecule has 48 heavy (non-hydrogen) atoms. The van der Waals surface area contributed by atoms with E-state index >= 15 is 0 Å². The summed E-state index contributed by atoms with van der Waals surface area (Å²) in [4.78, 5) is 53.4. The Kier molecular flexibility index (Phi) is 9.89. The van der Waals surface area contributed by atoms with Gasteiger partial charge in [-0.1, -0.05) is 44.2 Å². The number of benzene rings is 1. The van der Waals surface area contributed by atoms with Gasteiger partial charge >= 0.3 is 23.9 Å². The molecule has 4 heterocycles. The highest BCUT2D eigenvalue weighted by molar-refractivity contribution is 5.88. The molecule has 3 aromatic heterocycles. The number of nitrogens with one attached hydrogen (secondary N) is 1. The highest BCUT2D eigenvalue weighted by Gasteiger charge is 2.60. The molecule has 0 spiro atoms. The maximum atomic E-state index is 12.9. The molecule has 17 nitrogen and oxygen atoms in total. The molecule has 1 saturated heterocycles. The van der Waals surface area contributed by atoms with Crippen molar-refractivity contribution in [2.75, 3.05) is 11.9 Å². The second-order valence-electron chi connectivity index (χ2n) is 11.2. The average molecular weight is 665 g/mol. The van der Waals surface area contributed by atoms with E-state index in [0.717, 1.165) is 6.33 Å². The highest BCUT2D eigenvalue weighted by atomic mass is 16.6. The molecule has 5 rings (SSSR count). The molecular formula is C31H32N6O11. The summed E-state index contributed by atoms with van der Waals surface area (Å²) in [5.74, 6) is -2.63. The van der Waals surface area contributed by atoms with Gasteiger partial charge < -0.3 is 38.6 Å². The van der Waals surface area contributed by atoms with E-state index in [1.54, 1.807) is 44.2 Å². The minimum atomic E-state index is -2.21. The summed E-state index contributed by atoms with van der Waals surface area (Å²) in [6.07, 6.45) is -4.56. The number of anilines is 1. The predicted molar refractivity (Wildman–Crippen MR) is 161 cm³/mol. The molecule has 0 unspecified atom stereocenters. The lowest BCUT2D eigenvalue weighted by atomic mass is 9.92. The summed E-state index contributed by atoms with van der Waals surface area (Å²) >= 11 is 0. The first-order valence-electron chi connectivity index (χ1n) is 14.7. The molecule has 1 aliphatic heterocycles. The largest absolute Gasteiger partial charge is 0.519 e. The van der Waals surface area contributed by atoms with Crippen molar-refractivity contribution >= 4 is 29.4 Å². The quantitative estimate of drug-likeness (QED) is 0.152. The third-order valence-corrected chi connectivity index (χ3v) is 7.66. The van der Waals surface area contributed by atoms with E-state index in [4.69, 9.17) is 33.5 Å². The number of aliphatic hydroxyl groups excluding tert-OH is 1. The fraction of sp³-hybridized carbons (Fsp3) is 0.387. The van der Waals surface area contributed by atoms with Crippen LogP contribution in [0.1, 0.15) is 36.6 Å². The lowest BCUT2D eigenvalue weighted by Crippen LogP contribution is -2.46. The van der Waals surface area contributed by atoms with Crippen molar-refractivity contribution in [1.29, 1.82) is 5.26 Å². The fourth-order valence-electron chi connectivity index (χ4n) is 5.00. The standard InChI is InChI=1S/C31H32N6O11/c1-16(2)24(33)28(40)47-25-21(13-43-23(38)11-18-7-5-4-6-8-18)48-31(14-32,26(25)39)22-10-9-19-27(34-15-35-37(19)22)36-29(41)44-12-20-17(3)45-30(42)46-20/h4-10,15-16,21,24-26,39H,11-13,33H2,1-3H3,(H,34,35,36,41)/t21-,24+,25-,26-,31+/m1/s1. The number of aromatic nitrogens is 3. The molecular weight excluding hydrogens is 632 g/mol. The lowest BCUT2D eigenvalue weighted by molar-refractivity contribution is -0.162. The molecule has 0 saturated carbocycles. The number of amides is 1. The minimum Gasteiger partial charge on any atom is -0.463 e. The number of hydrogen-bond donors (Lipinski definition) is 3.